The van der Waals surface area contributed by atoms with Gasteiger partial charge in [0.05, 0.1) is 10.5 Å². The highest BCUT2D eigenvalue weighted by atomic mass is 32.2. The van der Waals surface area contributed by atoms with Gasteiger partial charge in [0.2, 0.25) is 10.0 Å². The van der Waals surface area contributed by atoms with Gasteiger partial charge in [0.1, 0.15) is 11.6 Å². The van der Waals surface area contributed by atoms with Gasteiger partial charge in [0.25, 0.3) is 0 Å². The van der Waals surface area contributed by atoms with Crippen LogP contribution < -0.4 is 4.74 Å². The topological polar surface area (TPSA) is 95.3 Å². The fourth-order valence-electron chi connectivity index (χ4n) is 4.61. The molecular weight excluding hydrogens is 582 g/mol. The zero-order valence-electron chi connectivity index (χ0n) is 23.3. The second-order valence-electron chi connectivity index (χ2n) is 10.6. The summed E-state index contributed by atoms with van der Waals surface area (Å²) in [6.07, 6.45) is 2.56. The van der Waals surface area contributed by atoms with E-state index in [1.54, 1.807) is 75.4 Å². The molecule has 0 N–H and O–H groups in total. The largest absolute Gasteiger partial charge is 0.454 e. The van der Waals surface area contributed by atoms with Crippen molar-refractivity contribution in [2.75, 3.05) is 6.26 Å². The van der Waals surface area contributed by atoms with E-state index in [0.29, 0.717) is 39.4 Å². The summed E-state index contributed by atoms with van der Waals surface area (Å²) in [5, 5.41) is 0.455. The Hall–Kier alpha value is -4.09. The van der Waals surface area contributed by atoms with Crippen LogP contribution in [0.15, 0.2) is 85.1 Å². The Bertz CT molecular complexity index is 2040. The summed E-state index contributed by atoms with van der Waals surface area (Å²) < 4.78 is 86.2. The molecule has 0 aliphatic heterocycles. The molecule has 2 heterocycles. The highest BCUT2D eigenvalue weighted by Gasteiger charge is 2.33. The molecule has 0 radical (unpaired) electrons. The van der Waals surface area contributed by atoms with E-state index in [-0.39, 0.29) is 22.9 Å². The predicted molar refractivity (Wildman–Crippen MR) is 159 cm³/mol. The van der Waals surface area contributed by atoms with Crippen LogP contribution in [0.25, 0.3) is 22.2 Å². The van der Waals surface area contributed by atoms with E-state index < -0.39 is 36.2 Å². The van der Waals surface area contributed by atoms with E-state index in [4.69, 9.17) is 4.74 Å². The van der Waals surface area contributed by atoms with Crippen LogP contribution >= 0.6 is 0 Å². The van der Waals surface area contributed by atoms with E-state index in [1.807, 2.05) is 0 Å². The predicted octanol–water partition coefficient (Wildman–Crippen LogP) is 6.74. The molecule has 11 heteroatoms. The highest BCUT2D eigenvalue weighted by Crippen LogP contribution is 2.42. The van der Waals surface area contributed by atoms with Gasteiger partial charge in [-0.3, -0.25) is 0 Å². The second kappa shape index (κ2) is 10.6. The van der Waals surface area contributed by atoms with E-state index in [9.17, 15) is 25.6 Å². The van der Waals surface area contributed by atoms with Crippen LogP contribution in [-0.2, 0) is 30.4 Å². The number of aryl methyl sites for hydroxylation is 1. The van der Waals surface area contributed by atoms with Crippen LogP contribution in [-0.4, -0.2) is 32.0 Å². The van der Waals surface area contributed by atoms with E-state index in [0.717, 1.165) is 22.4 Å². The molecule has 0 saturated carbocycles. The zero-order valence-corrected chi connectivity index (χ0v) is 24.9. The van der Waals surface area contributed by atoms with Crippen LogP contribution in [0.2, 0.25) is 0 Å². The van der Waals surface area contributed by atoms with Crippen molar-refractivity contribution in [2.45, 2.75) is 31.3 Å². The first-order valence-corrected chi connectivity index (χ1v) is 16.4. The van der Waals surface area contributed by atoms with Crippen molar-refractivity contribution in [2.24, 2.45) is 0 Å². The third-order valence-corrected chi connectivity index (χ3v) is 10.9. The Labute approximate surface area is 243 Å². The lowest BCUT2D eigenvalue weighted by Crippen LogP contribution is -2.28. The molecule has 0 aliphatic carbocycles. The highest BCUT2D eigenvalue weighted by molar-refractivity contribution is 7.91. The van der Waals surface area contributed by atoms with Crippen LogP contribution in [0.4, 0.5) is 8.78 Å². The lowest BCUT2D eigenvalue weighted by atomic mass is 9.94. The monoisotopic (exact) mass is 610 g/mol. The summed E-state index contributed by atoms with van der Waals surface area (Å²) in [4.78, 5) is 4.52. The van der Waals surface area contributed by atoms with Crippen LogP contribution in [0.1, 0.15) is 30.7 Å². The summed E-state index contributed by atoms with van der Waals surface area (Å²) in [5.41, 5.74) is 2.58. The smallest absolute Gasteiger partial charge is 0.244 e. The average Bonchev–Trinajstić information content (AvgIpc) is 3.34. The first-order chi connectivity index (χ1) is 19.7. The number of hydrogen-bond donors (Lipinski definition) is 0. The molecule has 218 valence electrons. The third-order valence-electron chi connectivity index (χ3n) is 7.25. The van der Waals surface area contributed by atoms with Crippen molar-refractivity contribution in [1.82, 2.24) is 8.96 Å². The third kappa shape index (κ3) is 5.54. The van der Waals surface area contributed by atoms with Gasteiger partial charge < -0.3 is 4.74 Å². The summed E-state index contributed by atoms with van der Waals surface area (Å²) >= 11 is 0. The van der Waals surface area contributed by atoms with Gasteiger partial charge in [0.15, 0.2) is 27.1 Å². The summed E-state index contributed by atoms with van der Waals surface area (Å²) in [7, 11) is -7.44. The number of sulfone groups is 1. The molecule has 3 aromatic carbocycles. The maximum Gasteiger partial charge on any atom is 0.244 e. The van der Waals surface area contributed by atoms with Crippen molar-refractivity contribution >= 4 is 30.9 Å². The van der Waals surface area contributed by atoms with Gasteiger partial charge in [-0.25, -0.2) is 34.6 Å². The molecule has 0 bridgehead atoms. The normalized spacial score (nSPS) is 12.5. The van der Waals surface area contributed by atoms with Crippen LogP contribution in [0.5, 0.6) is 11.5 Å². The molecule has 2 aromatic heterocycles. The van der Waals surface area contributed by atoms with Gasteiger partial charge in [-0.1, -0.05) is 36.4 Å². The first-order valence-electron chi connectivity index (χ1n) is 12.9. The van der Waals surface area contributed by atoms with Crippen LogP contribution in [0, 0.1) is 18.6 Å². The lowest BCUT2D eigenvalue weighted by Gasteiger charge is -2.25. The summed E-state index contributed by atoms with van der Waals surface area (Å²) in [6, 6.07) is 19.7. The van der Waals surface area contributed by atoms with Gasteiger partial charge in [-0.2, -0.15) is 0 Å². The molecule has 0 unspecified atom stereocenters. The van der Waals surface area contributed by atoms with Gasteiger partial charge in [0, 0.05) is 35.2 Å². The molecule has 0 saturated heterocycles. The molecule has 5 aromatic rings. The van der Waals surface area contributed by atoms with Gasteiger partial charge >= 0.3 is 0 Å². The molecule has 0 aliphatic rings. The summed E-state index contributed by atoms with van der Waals surface area (Å²) in [6.45, 7) is 4.85. The number of benzene rings is 3. The molecular formula is C31H28F2N2O5S2. The van der Waals surface area contributed by atoms with E-state index in [1.165, 1.54) is 12.3 Å². The maximum absolute atomic E-state index is 14.6. The number of ether oxygens (including phenoxy) is 1. The SMILES string of the molecule is Cc1cc(-c2cc(C(C)(C)S(C)(=O)=O)ccc2Oc2ccc(F)cc2F)c2ccn(S(=O)(=O)Cc3ccccc3)c2n1. The molecule has 7 nitrogen and oxygen atoms in total. The molecule has 5 rings (SSSR count). The number of halogens is 2. The Kier molecular flexibility index (Phi) is 7.44. The van der Waals surface area contributed by atoms with Gasteiger partial charge in [-0.15, -0.1) is 0 Å². The fraction of sp³-hybridized carbons (Fsp3) is 0.194. The lowest BCUT2D eigenvalue weighted by molar-refractivity contribution is 0.438. The van der Waals surface area contributed by atoms with Crippen molar-refractivity contribution in [1.29, 1.82) is 0 Å². The standard InChI is InChI=1S/C31H28F2N2O5S2/c1-20-16-25(24-14-15-35(30(24)34-20)42(38,39)19-21-8-6-5-7-9-21)26-17-22(31(2,3)41(4,36)37)10-12-28(26)40-29-13-11-23(32)18-27(29)33/h5-18H,19H2,1-4H3. The molecule has 42 heavy (non-hydrogen) atoms. The molecule has 0 spiro atoms. The second-order valence-corrected chi connectivity index (χ2v) is 15.0. The first kappa shape index (κ1) is 29.4. The minimum Gasteiger partial charge on any atom is -0.454 e. The van der Waals surface area contributed by atoms with Crippen LogP contribution in [0.3, 0.4) is 0 Å². The minimum absolute atomic E-state index is 0.153. The van der Waals surface area contributed by atoms with E-state index >= 15 is 0 Å². The Morgan fingerprint density at radius 1 is 0.857 bits per heavy atom. The Morgan fingerprint density at radius 2 is 1.55 bits per heavy atom. The number of nitrogens with zero attached hydrogens (tertiary/aromatic N) is 2. The molecule has 0 amide bonds. The number of rotatable bonds is 8. The van der Waals surface area contributed by atoms with Gasteiger partial charge in [-0.05, 0) is 73.9 Å². The summed E-state index contributed by atoms with van der Waals surface area (Å²) in [5.74, 6) is -2.03. The fourth-order valence-corrected chi connectivity index (χ4v) is 6.56. The zero-order chi connectivity index (χ0) is 30.4. The van der Waals surface area contributed by atoms with Crippen molar-refractivity contribution in [3.8, 4) is 22.6 Å². The molecule has 0 fully saturated rings. The number of hydrogen-bond acceptors (Lipinski definition) is 6. The number of aromatic nitrogens is 2. The minimum atomic E-state index is -3.87. The van der Waals surface area contributed by atoms with Crippen molar-refractivity contribution < 1.29 is 30.4 Å². The Morgan fingerprint density at radius 3 is 2.21 bits per heavy atom. The number of pyridine rings is 1. The number of fused-ring (bicyclic) bond motifs is 1. The molecule has 0 atom stereocenters. The van der Waals surface area contributed by atoms with Crippen molar-refractivity contribution in [3.63, 3.8) is 0 Å². The quantitative estimate of drug-likeness (QED) is 0.193. The average molecular weight is 611 g/mol. The Balaban J connectivity index is 1.73. The van der Waals surface area contributed by atoms with E-state index in [2.05, 4.69) is 4.98 Å². The van der Waals surface area contributed by atoms with Crippen molar-refractivity contribution in [3.05, 3.63) is 114 Å². The maximum atomic E-state index is 14.6.